The van der Waals surface area contributed by atoms with E-state index in [9.17, 15) is 18.0 Å². The van der Waals surface area contributed by atoms with Gasteiger partial charge in [0, 0.05) is 37.9 Å². The maximum absolute atomic E-state index is 13.6. The number of hydrogen-bond acceptors (Lipinski definition) is 4. The second kappa shape index (κ2) is 8.47. The van der Waals surface area contributed by atoms with Crippen LogP contribution in [-0.4, -0.2) is 46.7 Å². The third kappa shape index (κ3) is 5.01. The minimum Gasteiger partial charge on any atom is -0.493 e. The Hall–Kier alpha value is -2.68. The second-order valence-electron chi connectivity index (χ2n) is 11.2. The molecule has 194 valence electrons. The number of methoxy groups -OCH3 is 1. The predicted octanol–water partition coefficient (Wildman–Crippen LogP) is 5.45. The Kier molecular flexibility index (Phi) is 6.15. The van der Waals surface area contributed by atoms with Crippen LogP contribution in [0.3, 0.4) is 0 Å². The summed E-state index contributed by atoms with van der Waals surface area (Å²) in [6, 6.07) is 7.89. The van der Waals surface area contributed by atoms with Gasteiger partial charge < -0.3 is 18.9 Å². The molecule has 3 heterocycles. The molecular formula is C26H36F3N3O3. The largest absolute Gasteiger partial charge is 0.493 e. The molecule has 1 aromatic carbocycles. The topological polar surface area (TPSA) is 55.7 Å². The van der Waals surface area contributed by atoms with E-state index in [0.717, 1.165) is 0 Å². The molecule has 1 amide bonds. The number of aromatic nitrogens is 1. The van der Waals surface area contributed by atoms with Gasteiger partial charge in [-0.25, -0.2) is 0 Å². The summed E-state index contributed by atoms with van der Waals surface area (Å²) in [5.74, 6) is 0.901. The van der Waals surface area contributed by atoms with E-state index < -0.39 is 28.5 Å². The molecule has 0 atom stereocenters. The van der Waals surface area contributed by atoms with Crippen molar-refractivity contribution >= 4 is 5.91 Å². The third-order valence-corrected chi connectivity index (χ3v) is 6.62. The van der Waals surface area contributed by atoms with Crippen LogP contribution in [0, 0.1) is 0 Å². The van der Waals surface area contributed by atoms with E-state index in [-0.39, 0.29) is 13.9 Å². The highest BCUT2D eigenvalue weighted by atomic mass is 19.4. The van der Waals surface area contributed by atoms with Crippen molar-refractivity contribution in [3.05, 3.63) is 47.3 Å². The lowest BCUT2D eigenvalue weighted by Crippen LogP contribution is -2.63. The molecule has 1 aromatic heterocycles. The van der Waals surface area contributed by atoms with Gasteiger partial charge >= 0.3 is 6.18 Å². The summed E-state index contributed by atoms with van der Waals surface area (Å²) in [5.41, 5.74) is -1.05. The van der Waals surface area contributed by atoms with Crippen LogP contribution in [0.5, 0.6) is 11.5 Å². The number of benzene rings is 1. The minimum absolute atomic E-state index is 0. The average Bonchev–Trinajstić information content (AvgIpc) is 3.17. The zero-order valence-electron chi connectivity index (χ0n) is 21.2. The molecule has 1 N–H and O–H groups in total. The van der Waals surface area contributed by atoms with Gasteiger partial charge in [-0.05, 0) is 77.8 Å². The lowest BCUT2D eigenvalue weighted by Gasteiger charge is -2.51. The molecule has 1 saturated heterocycles. The highest BCUT2D eigenvalue weighted by Gasteiger charge is 2.49. The first-order valence-corrected chi connectivity index (χ1v) is 11.9. The maximum Gasteiger partial charge on any atom is 0.431 e. The van der Waals surface area contributed by atoms with Crippen molar-refractivity contribution in [3.8, 4) is 11.5 Å². The number of carbonyl (C=O) groups excluding carboxylic acids is 1. The predicted molar refractivity (Wildman–Crippen MR) is 129 cm³/mol. The zero-order chi connectivity index (χ0) is 25.8. The number of halogens is 3. The second-order valence-corrected chi connectivity index (χ2v) is 11.2. The number of fused-ring (bicyclic) bond motifs is 2. The molecule has 6 nitrogen and oxygen atoms in total. The van der Waals surface area contributed by atoms with Crippen molar-refractivity contribution < 1.29 is 28.9 Å². The molecule has 4 rings (SSSR count). The molecule has 2 aliphatic rings. The number of likely N-dealkylation sites (tertiary alicyclic amines) is 1. The Morgan fingerprint density at radius 3 is 2.29 bits per heavy atom. The number of nitrogens with zero attached hydrogens (tertiary/aromatic N) is 2. The van der Waals surface area contributed by atoms with Gasteiger partial charge in [-0.2, -0.15) is 13.2 Å². The van der Waals surface area contributed by atoms with Gasteiger partial charge in [-0.3, -0.25) is 10.1 Å². The van der Waals surface area contributed by atoms with Crippen LogP contribution in [-0.2, 0) is 18.3 Å². The first-order valence-electron chi connectivity index (χ1n) is 11.9. The highest BCUT2D eigenvalue weighted by molar-refractivity contribution is 5.95. The highest BCUT2D eigenvalue weighted by Crippen LogP contribution is 2.43. The molecule has 0 unspecified atom stereocenters. The number of alkyl halides is 3. The van der Waals surface area contributed by atoms with E-state index in [1.165, 1.54) is 17.7 Å². The van der Waals surface area contributed by atoms with Gasteiger partial charge in [-0.1, -0.05) is 0 Å². The first kappa shape index (κ1) is 25.4. The summed E-state index contributed by atoms with van der Waals surface area (Å²) in [5, 5.41) is 3.61. The van der Waals surface area contributed by atoms with E-state index in [4.69, 9.17) is 9.47 Å². The van der Waals surface area contributed by atoms with Crippen LogP contribution in [0.25, 0.3) is 0 Å². The van der Waals surface area contributed by atoms with Gasteiger partial charge in [0.1, 0.15) is 11.3 Å². The van der Waals surface area contributed by atoms with E-state index in [1.54, 1.807) is 29.2 Å². The standard InChI is InChI=1S/C26H34F3N3O3.H2/c1-23(2,3)35-18-8-7-17(15-19(18)34-6)22(33)31-13-11-25(12-14-31)20-9-10-21(26(27,28)29)32(20)16-24(4,5)30-25;/h7-10,15,30H,11-14,16H2,1-6H3;1H. The molecular weight excluding hydrogens is 459 g/mol. The molecule has 1 fully saturated rings. The fourth-order valence-electron chi connectivity index (χ4n) is 5.32. The van der Waals surface area contributed by atoms with Crippen molar-refractivity contribution in [3.63, 3.8) is 0 Å². The Bertz CT molecular complexity index is 1110. The Balaban J connectivity index is 0.00000361. The molecule has 2 aromatic rings. The fourth-order valence-corrected chi connectivity index (χ4v) is 5.32. The monoisotopic (exact) mass is 495 g/mol. The Morgan fingerprint density at radius 1 is 1.06 bits per heavy atom. The van der Waals surface area contributed by atoms with Gasteiger partial charge in [0.05, 0.1) is 12.6 Å². The Morgan fingerprint density at radius 2 is 1.71 bits per heavy atom. The number of piperidine rings is 1. The quantitative estimate of drug-likeness (QED) is 0.615. The third-order valence-electron chi connectivity index (χ3n) is 6.62. The molecule has 0 saturated carbocycles. The van der Waals surface area contributed by atoms with E-state index >= 15 is 0 Å². The summed E-state index contributed by atoms with van der Waals surface area (Å²) in [6.45, 7) is 10.7. The lowest BCUT2D eigenvalue weighted by atomic mass is 9.79. The lowest BCUT2D eigenvalue weighted by molar-refractivity contribution is -0.144. The number of rotatable bonds is 3. The fraction of sp³-hybridized carbons (Fsp3) is 0.577. The zero-order valence-corrected chi connectivity index (χ0v) is 21.2. The van der Waals surface area contributed by atoms with E-state index in [1.807, 2.05) is 34.6 Å². The molecule has 0 radical (unpaired) electrons. The van der Waals surface area contributed by atoms with Crippen LogP contribution in [0.1, 0.15) is 70.6 Å². The summed E-state index contributed by atoms with van der Waals surface area (Å²) >= 11 is 0. The summed E-state index contributed by atoms with van der Waals surface area (Å²) in [4.78, 5) is 15.1. The molecule has 1 spiro atoms. The first-order chi connectivity index (χ1) is 16.1. The molecule has 0 aliphatic carbocycles. The number of carbonyl (C=O) groups is 1. The van der Waals surface area contributed by atoms with Crippen LogP contribution in [0.4, 0.5) is 13.2 Å². The van der Waals surface area contributed by atoms with Gasteiger partial charge in [0.25, 0.3) is 5.91 Å². The van der Waals surface area contributed by atoms with Crippen molar-refractivity contribution in [2.24, 2.45) is 0 Å². The summed E-state index contributed by atoms with van der Waals surface area (Å²) < 4.78 is 53.7. The van der Waals surface area contributed by atoms with Crippen molar-refractivity contribution in [1.29, 1.82) is 0 Å². The van der Waals surface area contributed by atoms with E-state index in [0.29, 0.717) is 48.7 Å². The SMILES string of the molecule is COc1cc(C(=O)N2CCC3(CC2)NC(C)(C)Cn2c(C(F)(F)F)ccc23)ccc1OC(C)(C)C.[HH]. The molecule has 2 aliphatic heterocycles. The van der Waals surface area contributed by atoms with Crippen LogP contribution in [0.15, 0.2) is 30.3 Å². The van der Waals surface area contributed by atoms with Crippen molar-refractivity contribution in [1.82, 2.24) is 14.8 Å². The number of hydrogen-bond donors (Lipinski definition) is 1. The number of nitrogens with one attached hydrogen (secondary N) is 1. The smallest absolute Gasteiger partial charge is 0.431 e. The van der Waals surface area contributed by atoms with Crippen LogP contribution >= 0.6 is 0 Å². The average molecular weight is 496 g/mol. The number of ether oxygens (including phenoxy) is 2. The summed E-state index contributed by atoms with van der Waals surface area (Å²) in [7, 11) is 1.53. The summed E-state index contributed by atoms with van der Waals surface area (Å²) in [6.07, 6.45) is -3.37. The van der Waals surface area contributed by atoms with Crippen LogP contribution < -0.4 is 14.8 Å². The van der Waals surface area contributed by atoms with Gasteiger partial charge in [-0.15, -0.1) is 0 Å². The van der Waals surface area contributed by atoms with Crippen molar-refractivity contribution in [2.45, 2.75) is 76.9 Å². The van der Waals surface area contributed by atoms with Crippen molar-refractivity contribution in [2.75, 3.05) is 20.2 Å². The molecule has 0 bridgehead atoms. The minimum atomic E-state index is -4.41. The maximum atomic E-state index is 13.6. The van der Waals surface area contributed by atoms with Gasteiger partial charge in [0.2, 0.25) is 0 Å². The molecule has 35 heavy (non-hydrogen) atoms. The number of amides is 1. The normalized spacial score (nSPS) is 19.4. The molecule has 9 heteroatoms. The Labute approximate surface area is 205 Å². The van der Waals surface area contributed by atoms with Crippen LogP contribution in [0.2, 0.25) is 0 Å². The van der Waals surface area contributed by atoms with Gasteiger partial charge in [0.15, 0.2) is 11.5 Å². The van der Waals surface area contributed by atoms with E-state index in [2.05, 4.69) is 5.32 Å².